The van der Waals surface area contributed by atoms with Crippen LogP contribution >= 0.6 is 0 Å². The van der Waals surface area contributed by atoms with E-state index in [9.17, 15) is 14.7 Å². The number of nitrogens with two attached hydrogens (primary N) is 1. The highest BCUT2D eigenvalue weighted by molar-refractivity contribution is 6.03. The zero-order valence-electron chi connectivity index (χ0n) is 13.4. The van der Waals surface area contributed by atoms with Gasteiger partial charge in [0.25, 0.3) is 0 Å². The van der Waals surface area contributed by atoms with Gasteiger partial charge in [0.05, 0.1) is 17.3 Å². The van der Waals surface area contributed by atoms with Crippen LogP contribution in [0.25, 0.3) is 11.0 Å². The Morgan fingerprint density at radius 3 is 2.60 bits per heavy atom. The Morgan fingerprint density at radius 2 is 2.04 bits per heavy atom. The Bertz CT molecular complexity index is 780. The van der Waals surface area contributed by atoms with Crippen LogP contribution in [0.5, 0.6) is 0 Å². The number of fused-ring (bicyclic) bond motifs is 1. The molecule has 3 heterocycles. The number of nitrogens with zero attached hydrogens (tertiary/aromatic N) is 4. The quantitative estimate of drug-likeness (QED) is 0.772. The maximum atomic E-state index is 11.5. The van der Waals surface area contributed by atoms with Gasteiger partial charge in [0, 0.05) is 31.9 Å². The number of urea groups is 1. The minimum atomic E-state index is -1.04. The Morgan fingerprint density at radius 1 is 1.36 bits per heavy atom. The third-order valence-electron chi connectivity index (χ3n) is 4.35. The van der Waals surface area contributed by atoms with E-state index in [4.69, 9.17) is 5.73 Å². The normalized spacial score (nSPS) is 15.0. The number of piperidine rings is 1. The molecule has 0 unspecified atom stereocenters. The highest BCUT2D eigenvalue weighted by atomic mass is 16.4. The number of rotatable bonds is 4. The van der Waals surface area contributed by atoms with Crippen LogP contribution in [0, 0.1) is 0 Å². The zero-order chi connectivity index (χ0) is 17.3. The predicted octanol–water partition coefficient (Wildman–Crippen LogP) is 1.74. The number of hydrogen-bond acceptors (Lipinski definition) is 5. The number of carbonyl (C=O) groups excluding carboxylic acids is 1. The maximum absolute atomic E-state index is 11.5. The van der Waals surface area contributed by atoms with Crippen molar-refractivity contribution in [1.29, 1.82) is 0 Å². The summed E-state index contributed by atoms with van der Waals surface area (Å²) in [4.78, 5) is 28.6. The van der Waals surface area contributed by atoms with Gasteiger partial charge < -0.3 is 21.1 Å². The number of amides is 2. The van der Waals surface area contributed by atoms with E-state index in [-0.39, 0.29) is 19.0 Å². The van der Waals surface area contributed by atoms with E-state index in [0.717, 1.165) is 0 Å². The van der Waals surface area contributed by atoms with E-state index >= 15 is 0 Å². The lowest BCUT2D eigenvalue weighted by Gasteiger charge is -2.32. The summed E-state index contributed by atoms with van der Waals surface area (Å²) in [6.45, 7) is 3.71. The molecule has 0 radical (unpaired) electrons. The lowest BCUT2D eigenvalue weighted by molar-refractivity contribution is 0.0697. The van der Waals surface area contributed by atoms with Crippen molar-refractivity contribution in [2.24, 2.45) is 5.73 Å². The number of aryl methyl sites for hydroxylation is 1. The van der Waals surface area contributed by atoms with Crippen LogP contribution in [0.3, 0.4) is 0 Å². The summed E-state index contributed by atoms with van der Waals surface area (Å²) in [5, 5.41) is 17.7. The van der Waals surface area contributed by atoms with Crippen LogP contribution in [0.2, 0.25) is 0 Å². The second-order valence-corrected chi connectivity index (χ2v) is 5.79. The fraction of sp³-hybridized carbons (Fsp3) is 0.500. The molecule has 25 heavy (non-hydrogen) atoms. The van der Waals surface area contributed by atoms with Crippen molar-refractivity contribution in [3.8, 4) is 0 Å². The summed E-state index contributed by atoms with van der Waals surface area (Å²) in [5.74, 6) is -1.04. The monoisotopic (exact) mass is 348 g/mol. The number of anilines is 1. The Balaban J connectivity index is 0.00000225. The van der Waals surface area contributed by atoms with Crippen molar-refractivity contribution < 1.29 is 14.7 Å². The Kier molecular flexibility index (Phi) is 5.45. The average molecular weight is 348 g/mol. The molecule has 0 bridgehead atoms. The van der Waals surface area contributed by atoms with Gasteiger partial charge in [0.2, 0.25) is 0 Å². The van der Waals surface area contributed by atoms with Gasteiger partial charge >= 0.3 is 12.0 Å². The van der Waals surface area contributed by atoms with Crippen molar-refractivity contribution in [2.45, 2.75) is 39.8 Å². The van der Waals surface area contributed by atoms with Gasteiger partial charge in [-0.05, 0) is 19.8 Å². The highest BCUT2D eigenvalue weighted by Crippen LogP contribution is 2.28. The summed E-state index contributed by atoms with van der Waals surface area (Å²) in [7, 11) is 0. The van der Waals surface area contributed by atoms with E-state index in [1.807, 2.05) is 6.92 Å². The lowest BCUT2D eigenvalue weighted by atomic mass is 10.0. The number of nitrogens with one attached hydrogen (secondary N) is 1. The van der Waals surface area contributed by atoms with Crippen LogP contribution in [0.4, 0.5) is 10.5 Å². The van der Waals surface area contributed by atoms with E-state index in [1.165, 1.54) is 6.20 Å². The molecular weight excluding hydrogens is 324 g/mol. The minimum absolute atomic E-state index is 0. The summed E-state index contributed by atoms with van der Waals surface area (Å²) < 4.78 is 1.72. The van der Waals surface area contributed by atoms with Gasteiger partial charge in [-0.1, -0.05) is 7.43 Å². The number of pyridine rings is 1. The molecule has 1 fully saturated rings. The first-order valence-corrected chi connectivity index (χ1v) is 7.90. The molecule has 2 amide bonds. The fourth-order valence-electron chi connectivity index (χ4n) is 3.02. The van der Waals surface area contributed by atoms with E-state index < -0.39 is 12.0 Å². The number of carboxylic acids is 1. The van der Waals surface area contributed by atoms with Gasteiger partial charge in [-0.15, -0.1) is 0 Å². The average Bonchev–Trinajstić information content (AvgIpc) is 2.99. The fourth-order valence-corrected chi connectivity index (χ4v) is 3.02. The van der Waals surface area contributed by atoms with E-state index in [1.54, 1.807) is 15.8 Å². The van der Waals surface area contributed by atoms with Crippen molar-refractivity contribution >= 4 is 28.7 Å². The number of aromatic nitrogens is 3. The largest absolute Gasteiger partial charge is 0.478 e. The SMILES string of the molecule is C.CCn1ncc2c(NC3CCN(C(N)=O)CC3)c(C(=O)O)cnc21. The van der Waals surface area contributed by atoms with E-state index in [2.05, 4.69) is 15.4 Å². The molecule has 9 nitrogen and oxygen atoms in total. The Hall–Kier alpha value is -2.84. The lowest BCUT2D eigenvalue weighted by Crippen LogP contribution is -2.44. The van der Waals surface area contributed by atoms with Gasteiger partial charge in [0.1, 0.15) is 5.56 Å². The second-order valence-electron chi connectivity index (χ2n) is 5.79. The first-order valence-electron chi connectivity index (χ1n) is 7.90. The first kappa shape index (κ1) is 18.5. The molecular formula is C16H24N6O3. The maximum Gasteiger partial charge on any atom is 0.339 e. The molecule has 0 spiro atoms. The van der Waals surface area contributed by atoms with Crippen LogP contribution in [0.1, 0.15) is 37.6 Å². The van der Waals surface area contributed by atoms with Crippen molar-refractivity contribution in [1.82, 2.24) is 19.7 Å². The van der Waals surface area contributed by atoms with Crippen molar-refractivity contribution in [3.63, 3.8) is 0 Å². The molecule has 1 saturated heterocycles. The van der Waals surface area contributed by atoms with Crippen LogP contribution in [-0.4, -0.2) is 55.9 Å². The van der Waals surface area contributed by atoms with Crippen molar-refractivity contribution in [2.75, 3.05) is 18.4 Å². The summed E-state index contributed by atoms with van der Waals surface area (Å²) in [6, 6.07) is -0.357. The highest BCUT2D eigenvalue weighted by Gasteiger charge is 2.24. The molecule has 1 aliphatic rings. The van der Waals surface area contributed by atoms with Crippen LogP contribution in [0.15, 0.2) is 12.4 Å². The number of aromatic carboxylic acids is 1. The number of hydrogen-bond donors (Lipinski definition) is 3. The van der Waals surface area contributed by atoms with Gasteiger partial charge in [0.15, 0.2) is 5.65 Å². The zero-order valence-corrected chi connectivity index (χ0v) is 13.4. The smallest absolute Gasteiger partial charge is 0.339 e. The molecule has 0 aliphatic carbocycles. The van der Waals surface area contributed by atoms with Crippen LogP contribution in [-0.2, 0) is 6.54 Å². The first-order chi connectivity index (χ1) is 11.5. The van der Waals surface area contributed by atoms with Gasteiger partial charge in [-0.2, -0.15) is 5.10 Å². The molecule has 3 rings (SSSR count). The third kappa shape index (κ3) is 3.49. The summed E-state index contributed by atoms with van der Waals surface area (Å²) >= 11 is 0. The number of carbonyl (C=O) groups is 2. The standard InChI is InChI=1S/C15H20N6O3.CH4/c1-2-21-13-10(8-18-21)12(11(7-17-13)14(22)23)19-9-3-5-20(6-4-9)15(16)24;/h7-9H,2-6H2,1H3,(H2,16,24)(H,17,19)(H,22,23);1H4. The molecule has 4 N–H and O–H groups in total. The topological polar surface area (TPSA) is 126 Å². The predicted molar refractivity (Wildman–Crippen MR) is 94.7 cm³/mol. The molecule has 2 aromatic rings. The molecule has 0 saturated carbocycles. The van der Waals surface area contributed by atoms with Gasteiger partial charge in [-0.25, -0.2) is 19.3 Å². The van der Waals surface area contributed by atoms with Crippen LogP contribution < -0.4 is 11.1 Å². The number of carboxylic acid groups (broad SMARTS) is 1. The van der Waals surface area contributed by atoms with Crippen molar-refractivity contribution in [3.05, 3.63) is 18.0 Å². The second kappa shape index (κ2) is 7.37. The Labute approximate surface area is 145 Å². The molecule has 136 valence electrons. The molecule has 9 heteroatoms. The van der Waals surface area contributed by atoms with Gasteiger partial charge in [-0.3, -0.25) is 0 Å². The summed E-state index contributed by atoms with van der Waals surface area (Å²) in [5.41, 5.74) is 6.60. The molecule has 2 aromatic heterocycles. The van der Waals surface area contributed by atoms with E-state index in [0.29, 0.717) is 49.2 Å². The minimum Gasteiger partial charge on any atom is -0.478 e. The molecule has 1 aliphatic heterocycles. The third-order valence-corrected chi connectivity index (χ3v) is 4.35. The number of likely N-dealkylation sites (tertiary alicyclic amines) is 1. The number of primary amides is 1. The summed E-state index contributed by atoms with van der Waals surface area (Å²) in [6.07, 6.45) is 4.40. The molecule has 0 aromatic carbocycles. The molecule has 0 atom stereocenters.